The molecule has 0 amide bonds. The van der Waals surface area contributed by atoms with E-state index in [9.17, 15) is 0 Å². The summed E-state index contributed by atoms with van der Waals surface area (Å²) in [6, 6.07) is 8.17. The van der Waals surface area contributed by atoms with Crippen molar-refractivity contribution in [3.05, 3.63) is 35.4 Å². The van der Waals surface area contributed by atoms with Crippen LogP contribution < -0.4 is 0 Å². The predicted molar refractivity (Wildman–Crippen MR) is 98.2 cm³/mol. The van der Waals surface area contributed by atoms with Crippen molar-refractivity contribution in [2.75, 3.05) is 40.0 Å². The third-order valence-corrected chi connectivity index (χ3v) is 3.22. The van der Waals surface area contributed by atoms with Crippen LogP contribution in [0.1, 0.15) is 43.7 Å². The molecule has 1 aromatic carbocycles. The van der Waals surface area contributed by atoms with Crippen LogP contribution in [0.3, 0.4) is 0 Å². The molecule has 0 bridgehead atoms. The Kier molecular flexibility index (Phi) is 12.0. The lowest BCUT2D eigenvalue weighted by Gasteiger charge is -2.04. The molecule has 0 saturated heterocycles. The lowest BCUT2D eigenvalue weighted by molar-refractivity contribution is 0.0813. The maximum Gasteiger partial charge on any atom is 0.0488 e. The zero-order valence-corrected chi connectivity index (χ0v) is 14.5. The number of ether oxygens (including phenoxy) is 2. The van der Waals surface area contributed by atoms with Gasteiger partial charge in [-0.25, -0.2) is 0 Å². The van der Waals surface area contributed by atoms with Crippen LogP contribution in [0.25, 0.3) is 0 Å². The van der Waals surface area contributed by atoms with Crippen molar-refractivity contribution in [3.63, 3.8) is 0 Å². The van der Waals surface area contributed by atoms with Crippen LogP contribution >= 0.6 is 0 Å². The molecule has 23 heavy (non-hydrogen) atoms. The number of aliphatic imine (C=N–C) groups is 2. The molecule has 0 aromatic heterocycles. The summed E-state index contributed by atoms with van der Waals surface area (Å²) in [4.78, 5) is 8.45. The highest BCUT2D eigenvalue weighted by atomic mass is 16.5. The van der Waals surface area contributed by atoms with E-state index >= 15 is 0 Å². The van der Waals surface area contributed by atoms with E-state index in [1.165, 1.54) is 6.42 Å². The van der Waals surface area contributed by atoms with Crippen molar-refractivity contribution in [1.29, 1.82) is 0 Å². The summed E-state index contributed by atoms with van der Waals surface area (Å²) < 4.78 is 11.1. The Bertz CT molecular complexity index is 458. The molecular weight excluding hydrogens is 288 g/mol. The molecule has 0 heterocycles. The molecule has 0 aliphatic heterocycles. The highest BCUT2D eigenvalue weighted by Crippen LogP contribution is 2.01. The van der Waals surface area contributed by atoms with Gasteiger partial charge in [-0.3, -0.25) is 9.98 Å². The Balaban J connectivity index is 2.01. The third-order valence-electron chi connectivity index (χ3n) is 3.22. The van der Waals surface area contributed by atoms with Crippen LogP contribution in [0.15, 0.2) is 34.3 Å². The van der Waals surface area contributed by atoms with E-state index in [0.717, 1.165) is 63.4 Å². The van der Waals surface area contributed by atoms with E-state index in [0.29, 0.717) is 0 Å². The molecule has 0 radical (unpaired) electrons. The number of unbranched alkanes of at least 4 members (excludes halogenated alkanes) is 1. The lowest BCUT2D eigenvalue weighted by atomic mass is 10.1. The summed E-state index contributed by atoms with van der Waals surface area (Å²) in [5.74, 6) is 0. The fraction of sp³-hybridized carbons (Fsp3) is 0.579. The molecule has 0 N–H and O–H groups in total. The average Bonchev–Trinajstić information content (AvgIpc) is 2.56. The smallest absolute Gasteiger partial charge is 0.0488 e. The fourth-order valence-corrected chi connectivity index (χ4v) is 2.01. The van der Waals surface area contributed by atoms with Crippen LogP contribution in [-0.4, -0.2) is 52.4 Å². The zero-order chi connectivity index (χ0) is 16.6. The molecule has 0 atom stereocenters. The highest BCUT2D eigenvalue weighted by molar-refractivity contribution is 5.86. The van der Waals surface area contributed by atoms with Gasteiger partial charge < -0.3 is 9.47 Å². The summed E-state index contributed by atoms with van der Waals surface area (Å²) in [7, 11) is 1.78. The molecule has 0 fully saturated rings. The zero-order valence-electron chi connectivity index (χ0n) is 14.5. The normalized spacial score (nSPS) is 11.7. The summed E-state index contributed by atoms with van der Waals surface area (Å²) in [5.41, 5.74) is 2.20. The topological polar surface area (TPSA) is 43.2 Å². The maximum atomic E-state index is 5.57. The molecule has 1 aromatic rings. The first-order valence-electron chi connectivity index (χ1n) is 8.54. The standard InChI is InChI=1S/C19H30N2O2/c1-3-4-11-22-13-7-14-23-12-6-10-21-17-19-9-5-8-18(15-19)16-20-2/h5,8-9,15-17H,3-4,6-7,10-14H2,1-2H3. The summed E-state index contributed by atoms with van der Waals surface area (Å²) in [6.45, 7) is 6.17. The van der Waals surface area contributed by atoms with Gasteiger partial charge in [-0.15, -0.1) is 0 Å². The Morgan fingerprint density at radius 2 is 1.57 bits per heavy atom. The van der Waals surface area contributed by atoms with Gasteiger partial charge in [0.05, 0.1) is 0 Å². The van der Waals surface area contributed by atoms with E-state index in [1.807, 2.05) is 30.6 Å². The fourth-order valence-electron chi connectivity index (χ4n) is 2.01. The van der Waals surface area contributed by atoms with Crippen LogP contribution in [0.2, 0.25) is 0 Å². The van der Waals surface area contributed by atoms with Crippen molar-refractivity contribution in [1.82, 2.24) is 0 Å². The molecule has 0 spiro atoms. The number of hydrogen-bond acceptors (Lipinski definition) is 4. The van der Waals surface area contributed by atoms with Gasteiger partial charge in [0.1, 0.15) is 0 Å². The molecule has 0 aliphatic carbocycles. The number of benzene rings is 1. The Labute approximate surface area is 140 Å². The van der Waals surface area contributed by atoms with Gasteiger partial charge in [0, 0.05) is 52.4 Å². The van der Waals surface area contributed by atoms with Crippen molar-refractivity contribution >= 4 is 12.4 Å². The quantitative estimate of drug-likeness (QED) is 0.410. The monoisotopic (exact) mass is 318 g/mol. The second kappa shape index (κ2) is 14.1. The molecule has 4 heteroatoms. The largest absolute Gasteiger partial charge is 0.381 e. The molecule has 128 valence electrons. The molecule has 1 rings (SSSR count). The van der Waals surface area contributed by atoms with Crippen LogP contribution in [-0.2, 0) is 9.47 Å². The summed E-state index contributed by atoms with van der Waals surface area (Å²) >= 11 is 0. The Morgan fingerprint density at radius 1 is 0.913 bits per heavy atom. The molecular formula is C19H30N2O2. The molecule has 0 aliphatic rings. The van der Waals surface area contributed by atoms with E-state index < -0.39 is 0 Å². The van der Waals surface area contributed by atoms with Gasteiger partial charge in [0.2, 0.25) is 0 Å². The molecule has 0 saturated carbocycles. The van der Waals surface area contributed by atoms with Gasteiger partial charge in [-0.05, 0) is 36.5 Å². The van der Waals surface area contributed by atoms with Gasteiger partial charge in [-0.1, -0.05) is 31.5 Å². The minimum Gasteiger partial charge on any atom is -0.381 e. The highest BCUT2D eigenvalue weighted by Gasteiger charge is 1.92. The van der Waals surface area contributed by atoms with Crippen LogP contribution in [0, 0.1) is 0 Å². The van der Waals surface area contributed by atoms with Crippen molar-refractivity contribution in [2.24, 2.45) is 9.98 Å². The number of nitrogens with zero attached hydrogens (tertiary/aromatic N) is 2. The third kappa shape index (κ3) is 10.8. The van der Waals surface area contributed by atoms with Gasteiger partial charge in [0.25, 0.3) is 0 Å². The second-order valence-corrected chi connectivity index (χ2v) is 5.38. The lowest BCUT2D eigenvalue weighted by Crippen LogP contribution is -2.03. The number of hydrogen-bond donors (Lipinski definition) is 0. The Hall–Kier alpha value is -1.52. The first-order valence-corrected chi connectivity index (χ1v) is 8.54. The van der Waals surface area contributed by atoms with E-state index in [1.54, 1.807) is 7.05 Å². The van der Waals surface area contributed by atoms with E-state index in [-0.39, 0.29) is 0 Å². The summed E-state index contributed by atoms with van der Waals surface area (Å²) in [5, 5.41) is 0. The Morgan fingerprint density at radius 3 is 2.26 bits per heavy atom. The van der Waals surface area contributed by atoms with Gasteiger partial charge >= 0.3 is 0 Å². The summed E-state index contributed by atoms with van der Waals surface area (Å²) in [6.07, 6.45) is 8.01. The van der Waals surface area contributed by atoms with Gasteiger partial charge in [-0.2, -0.15) is 0 Å². The first kappa shape index (κ1) is 19.5. The van der Waals surface area contributed by atoms with Crippen molar-refractivity contribution < 1.29 is 9.47 Å². The SMILES string of the molecule is CCCCOCCCOCCCN=Cc1cccc(C=NC)c1. The van der Waals surface area contributed by atoms with Crippen molar-refractivity contribution in [2.45, 2.75) is 32.6 Å². The molecule has 0 unspecified atom stereocenters. The maximum absolute atomic E-state index is 5.57. The van der Waals surface area contributed by atoms with E-state index in [4.69, 9.17) is 9.47 Å². The molecule has 4 nitrogen and oxygen atoms in total. The predicted octanol–water partition coefficient (Wildman–Crippen LogP) is 3.77. The second-order valence-electron chi connectivity index (χ2n) is 5.38. The first-order chi connectivity index (χ1) is 11.4. The average molecular weight is 318 g/mol. The number of rotatable bonds is 13. The minimum atomic E-state index is 0.759. The van der Waals surface area contributed by atoms with Crippen LogP contribution in [0.4, 0.5) is 0 Å². The van der Waals surface area contributed by atoms with E-state index in [2.05, 4.69) is 23.0 Å². The van der Waals surface area contributed by atoms with Gasteiger partial charge in [0.15, 0.2) is 0 Å². The van der Waals surface area contributed by atoms with Crippen LogP contribution in [0.5, 0.6) is 0 Å². The minimum absolute atomic E-state index is 0.759. The van der Waals surface area contributed by atoms with Crippen molar-refractivity contribution in [3.8, 4) is 0 Å².